The molecule has 4 nitrogen and oxygen atoms in total. The molecule has 1 N–H and O–H groups in total. The number of rotatable bonds is 3. The van der Waals surface area contributed by atoms with E-state index >= 15 is 0 Å². The van der Waals surface area contributed by atoms with Gasteiger partial charge in [-0.15, -0.1) is 0 Å². The van der Waals surface area contributed by atoms with Gasteiger partial charge in [0.1, 0.15) is 5.92 Å². The fourth-order valence-corrected chi connectivity index (χ4v) is 2.71. The first kappa shape index (κ1) is 12.5. The van der Waals surface area contributed by atoms with Gasteiger partial charge in [-0.1, -0.05) is 18.2 Å². The van der Waals surface area contributed by atoms with Gasteiger partial charge in [0.05, 0.1) is 6.61 Å². The molecule has 1 aromatic carbocycles. The second kappa shape index (κ2) is 5.61. The summed E-state index contributed by atoms with van der Waals surface area (Å²) in [6.07, 6.45) is 1.99. The predicted molar refractivity (Wildman–Crippen MR) is 72.2 cm³/mol. The molecule has 1 saturated heterocycles. The molecular weight excluding hydrogens is 242 g/mol. The Morgan fingerprint density at radius 2 is 2.11 bits per heavy atom. The van der Waals surface area contributed by atoms with E-state index in [0.29, 0.717) is 19.1 Å². The van der Waals surface area contributed by atoms with Crippen molar-refractivity contribution in [2.45, 2.75) is 18.8 Å². The lowest BCUT2D eigenvalue weighted by Gasteiger charge is -2.22. The van der Waals surface area contributed by atoms with Crippen molar-refractivity contribution >= 4 is 11.7 Å². The van der Waals surface area contributed by atoms with Gasteiger partial charge in [0.25, 0.3) is 0 Å². The lowest BCUT2D eigenvalue weighted by Crippen LogP contribution is -2.24. The fourth-order valence-electron chi connectivity index (χ4n) is 2.71. The number of nitrogens with one attached hydrogen (secondary N) is 1. The Hall–Kier alpha value is -1.55. The summed E-state index contributed by atoms with van der Waals surface area (Å²) in [5.41, 5.74) is 2.11. The molecule has 1 atom stereocenters. The van der Waals surface area contributed by atoms with Gasteiger partial charge in [-0.05, 0) is 30.4 Å². The first-order valence-corrected chi connectivity index (χ1v) is 6.92. The van der Waals surface area contributed by atoms with Crippen molar-refractivity contribution in [3.63, 3.8) is 0 Å². The molecular formula is C15H19NO3. The second-order valence-electron chi connectivity index (χ2n) is 5.21. The minimum absolute atomic E-state index is 0.107. The van der Waals surface area contributed by atoms with Crippen molar-refractivity contribution in [1.82, 2.24) is 0 Å². The molecule has 2 aliphatic rings. The maximum absolute atomic E-state index is 12.2. The Morgan fingerprint density at radius 3 is 2.95 bits per heavy atom. The normalized spacial score (nSPS) is 22.6. The van der Waals surface area contributed by atoms with E-state index in [1.807, 2.05) is 24.3 Å². The molecule has 19 heavy (non-hydrogen) atoms. The number of esters is 1. The minimum atomic E-state index is -0.156. The summed E-state index contributed by atoms with van der Waals surface area (Å²) in [4.78, 5) is 12.2. The highest BCUT2D eigenvalue weighted by atomic mass is 16.5. The third-order valence-electron chi connectivity index (χ3n) is 3.92. The van der Waals surface area contributed by atoms with Crippen LogP contribution in [0, 0.1) is 5.92 Å². The van der Waals surface area contributed by atoms with Gasteiger partial charge in [0, 0.05) is 25.4 Å². The standard InChI is InChI=1S/C15H19NO3/c17-15(19-10-11-5-7-18-8-6-11)13-9-16-14-4-2-1-3-12(13)14/h1-4,11,13,16H,5-10H2. The SMILES string of the molecule is O=C(OCC1CCOCC1)C1CNc2ccccc21. The van der Waals surface area contributed by atoms with Crippen molar-refractivity contribution in [2.24, 2.45) is 5.92 Å². The van der Waals surface area contributed by atoms with E-state index in [4.69, 9.17) is 9.47 Å². The molecule has 1 aromatic rings. The molecule has 1 unspecified atom stereocenters. The third kappa shape index (κ3) is 2.73. The summed E-state index contributed by atoms with van der Waals surface area (Å²) in [6, 6.07) is 7.93. The van der Waals surface area contributed by atoms with Crippen molar-refractivity contribution in [1.29, 1.82) is 0 Å². The van der Waals surface area contributed by atoms with Crippen LogP contribution in [0.15, 0.2) is 24.3 Å². The first-order chi connectivity index (χ1) is 9.34. The number of carbonyl (C=O) groups is 1. The Labute approximate surface area is 113 Å². The zero-order valence-electron chi connectivity index (χ0n) is 10.9. The number of ether oxygens (including phenoxy) is 2. The van der Waals surface area contributed by atoms with Crippen LogP contribution in [0.2, 0.25) is 0 Å². The summed E-state index contributed by atoms with van der Waals surface area (Å²) < 4.78 is 10.8. The quantitative estimate of drug-likeness (QED) is 0.847. The van der Waals surface area contributed by atoms with Crippen LogP contribution in [0.3, 0.4) is 0 Å². The molecule has 102 valence electrons. The Morgan fingerprint density at radius 1 is 1.32 bits per heavy atom. The number of benzene rings is 1. The predicted octanol–water partition coefficient (Wildman–Crippen LogP) is 2.17. The van der Waals surface area contributed by atoms with Gasteiger partial charge in [-0.25, -0.2) is 0 Å². The topological polar surface area (TPSA) is 47.6 Å². The zero-order valence-corrected chi connectivity index (χ0v) is 10.9. The van der Waals surface area contributed by atoms with Crippen LogP contribution in [-0.2, 0) is 14.3 Å². The molecule has 0 amide bonds. The monoisotopic (exact) mass is 261 g/mol. The maximum Gasteiger partial charge on any atom is 0.315 e. The zero-order chi connectivity index (χ0) is 13.1. The highest BCUT2D eigenvalue weighted by Crippen LogP contribution is 2.32. The van der Waals surface area contributed by atoms with Crippen molar-refractivity contribution < 1.29 is 14.3 Å². The van der Waals surface area contributed by atoms with Gasteiger partial charge in [0.15, 0.2) is 0 Å². The number of anilines is 1. The van der Waals surface area contributed by atoms with E-state index in [1.165, 1.54) is 0 Å². The average molecular weight is 261 g/mol. The maximum atomic E-state index is 12.2. The number of para-hydroxylation sites is 1. The van der Waals surface area contributed by atoms with Crippen LogP contribution in [0.25, 0.3) is 0 Å². The summed E-state index contributed by atoms with van der Waals surface area (Å²) >= 11 is 0. The molecule has 3 rings (SSSR count). The lowest BCUT2D eigenvalue weighted by atomic mass is 10.0. The van der Waals surface area contributed by atoms with E-state index in [1.54, 1.807) is 0 Å². The summed E-state index contributed by atoms with van der Waals surface area (Å²) in [5.74, 6) is 0.197. The number of carbonyl (C=O) groups excluding carboxylic acids is 1. The number of hydrogen-bond acceptors (Lipinski definition) is 4. The molecule has 2 aliphatic heterocycles. The molecule has 0 aromatic heterocycles. The van der Waals surface area contributed by atoms with Gasteiger partial charge in [0.2, 0.25) is 0 Å². The molecule has 0 spiro atoms. The highest BCUT2D eigenvalue weighted by Gasteiger charge is 2.30. The van der Waals surface area contributed by atoms with E-state index in [-0.39, 0.29) is 11.9 Å². The summed E-state index contributed by atoms with van der Waals surface area (Å²) in [7, 11) is 0. The molecule has 0 bridgehead atoms. The largest absolute Gasteiger partial charge is 0.465 e. The van der Waals surface area contributed by atoms with Gasteiger partial charge in [-0.2, -0.15) is 0 Å². The molecule has 4 heteroatoms. The van der Waals surface area contributed by atoms with Crippen LogP contribution in [-0.4, -0.2) is 32.3 Å². The smallest absolute Gasteiger partial charge is 0.315 e. The molecule has 0 aliphatic carbocycles. The molecule has 2 heterocycles. The lowest BCUT2D eigenvalue weighted by molar-refractivity contribution is -0.147. The van der Waals surface area contributed by atoms with E-state index in [0.717, 1.165) is 37.3 Å². The molecule has 0 radical (unpaired) electrons. The van der Waals surface area contributed by atoms with Gasteiger partial charge in [-0.3, -0.25) is 4.79 Å². The van der Waals surface area contributed by atoms with Crippen LogP contribution in [0.5, 0.6) is 0 Å². The van der Waals surface area contributed by atoms with Gasteiger partial charge >= 0.3 is 5.97 Å². The van der Waals surface area contributed by atoms with E-state index in [2.05, 4.69) is 5.32 Å². The highest BCUT2D eigenvalue weighted by molar-refractivity contribution is 5.83. The summed E-state index contributed by atoms with van der Waals surface area (Å²) in [6.45, 7) is 2.75. The fraction of sp³-hybridized carbons (Fsp3) is 0.533. The van der Waals surface area contributed by atoms with Crippen LogP contribution >= 0.6 is 0 Å². The van der Waals surface area contributed by atoms with Crippen LogP contribution in [0.1, 0.15) is 24.3 Å². The van der Waals surface area contributed by atoms with Crippen LogP contribution in [0.4, 0.5) is 5.69 Å². The first-order valence-electron chi connectivity index (χ1n) is 6.92. The van der Waals surface area contributed by atoms with E-state index in [9.17, 15) is 4.79 Å². The minimum Gasteiger partial charge on any atom is -0.465 e. The van der Waals surface area contributed by atoms with Crippen molar-refractivity contribution in [2.75, 3.05) is 31.7 Å². The molecule has 0 saturated carbocycles. The second-order valence-corrected chi connectivity index (χ2v) is 5.21. The van der Waals surface area contributed by atoms with Crippen molar-refractivity contribution in [3.05, 3.63) is 29.8 Å². The third-order valence-corrected chi connectivity index (χ3v) is 3.92. The number of hydrogen-bond donors (Lipinski definition) is 1. The Kier molecular flexibility index (Phi) is 3.69. The Balaban J connectivity index is 1.56. The summed E-state index contributed by atoms with van der Waals surface area (Å²) in [5, 5.41) is 3.25. The molecule has 1 fully saturated rings. The van der Waals surface area contributed by atoms with Crippen LogP contribution < -0.4 is 5.32 Å². The number of fused-ring (bicyclic) bond motifs is 1. The average Bonchev–Trinajstić information content (AvgIpc) is 2.90. The Bertz CT molecular complexity index is 454. The van der Waals surface area contributed by atoms with Crippen molar-refractivity contribution in [3.8, 4) is 0 Å². The van der Waals surface area contributed by atoms with Gasteiger partial charge < -0.3 is 14.8 Å². The van der Waals surface area contributed by atoms with E-state index < -0.39 is 0 Å².